The molecule has 4 heteroatoms. The van der Waals surface area contributed by atoms with E-state index in [-0.39, 0.29) is 18.2 Å². The van der Waals surface area contributed by atoms with Gasteiger partial charge in [0.15, 0.2) is 5.78 Å². The molecule has 1 aromatic carbocycles. The molecule has 0 bridgehead atoms. The number of nitrogens with two attached hydrogens (primary N) is 1. The number of hydrogen-bond acceptors (Lipinski definition) is 2. The van der Waals surface area contributed by atoms with Gasteiger partial charge in [-0.2, -0.15) is 0 Å². The van der Waals surface area contributed by atoms with Crippen molar-refractivity contribution in [3.05, 3.63) is 65.9 Å². The SMILES string of the molecule is Cc1ccc(C(=O)/C=C/[n+]2ccccc2N)cc1.[Cl-]. The van der Waals surface area contributed by atoms with Gasteiger partial charge in [0.1, 0.15) is 0 Å². The van der Waals surface area contributed by atoms with Crippen LogP contribution in [0.15, 0.2) is 54.7 Å². The Morgan fingerprint density at radius 3 is 2.47 bits per heavy atom. The normalized spacial score (nSPS) is 10.2. The highest BCUT2D eigenvalue weighted by Gasteiger charge is 2.03. The number of benzene rings is 1. The van der Waals surface area contributed by atoms with Gasteiger partial charge in [0.25, 0.3) is 5.82 Å². The second-order valence-electron chi connectivity index (χ2n) is 4.08. The fraction of sp³-hybridized carbons (Fsp3) is 0.0667. The molecule has 2 N–H and O–H groups in total. The number of halogens is 1. The zero-order chi connectivity index (χ0) is 13.0. The smallest absolute Gasteiger partial charge is 0.276 e. The monoisotopic (exact) mass is 274 g/mol. The third-order valence-corrected chi connectivity index (χ3v) is 2.65. The van der Waals surface area contributed by atoms with E-state index in [1.807, 2.05) is 43.3 Å². The molecule has 0 aliphatic rings. The van der Waals surface area contributed by atoms with E-state index in [4.69, 9.17) is 5.73 Å². The summed E-state index contributed by atoms with van der Waals surface area (Å²) >= 11 is 0. The maximum Gasteiger partial charge on any atom is 0.276 e. The van der Waals surface area contributed by atoms with Crippen molar-refractivity contribution in [1.29, 1.82) is 0 Å². The highest BCUT2D eigenvalue weighted by atomic mass is 35.5. The Morgan fingerprint density at radius 1 is 1.16 bits per heavy atom. The van der Waals surface area contributed by atoms with Crippen LogP contribution in [0.2, 0.25) is 0 Å². The molecule has 0 aliphatic heterocycles. The van der Waals surface area contributed by atoms with Gasteiger partial charge >= 0.3 is 0 Å². The number of allylic oxidation sites excluding steroid dienone is 1. The van der Waals surface area contributed by atoms with Crippen LogP contribution >= 0.6 is 0 Å². The zero-order valence-electron chi connectivity index (χ0n) is 10.6. The molecule has 0 saturated carbocycles. The fourth-order valence-electron chi connectivity index (χ4n) is 1.57. The summed E-state index contributed by atoms with van der Waals surface area (Å²) in [5.74, 6) is 0.552. The Labute approximate surface area is 118 Å². The maximum absolute atomic E-state index is 11.9. The van der Waals surface area contributed by atoms with E-state index in [0.717, 1.165) is 5.56 Å². The van der Waals surface area contributed by atoms with Crippen molar-refractivity contribution < 1.29 is 21.8 Å². The van der Waals surface area contributed by atoms with Crippen molar-refractivity contribution >= 4 is 17.8 Å². The predicted molar refractivity (Wildman–Crippen MR) is 71.9 cm³/mol. The largest absolute Gasteiger partial charge is 1.00 e. The van der Waals surface area contributed by atoms with Gasteiger partial charge in [0.2, 0.25) is 0 Å². The third-order valence-electron chi connectivity index (χ3n) is 2.65. The second kappa shape index (κ2) is 6.71. The van der Waals surface area contributed by atoms with Gasteiger partial charge in [-0.1, -0.05) is 35.9 Å². The van der Waals surface area contributed by atoms with Crippen LogP contribution in [0.4, 0.5) is 5.82 Å². The molecule has 0 radical (unpaired) electrons. The first-order valence-corrected chi connectivity index (χ1v) is 5.71. The summed E-state index contributed by atoms with van der Waals surface area (Å²) in [4.78, 5) is 11.9. The lowest BCUT2D eigenvalue weighted by Gasteiger charge is -1.97. The molecule has 0 saturated heterocycles. The minimum absolute atomic E-state index is 0. The molecule has 98 valence electrons. The van der Waals surface area contributed by atoms with E-state index in [2.05, 4.69) is 0 Å². The average Bonchev–Trinajstić information content (AvgIpc) is 2.38. The van der Waals surface area contributed by atoms with Gasteiger partial charge in [0, 0.05) is 17.7 Å². The number of nitrogen functional groups attached to an aromatic ring is 1. The van der Waals surface area contributed by atoms with Crippen LogP contribution in [0.25, 0.3) is 6.20 Å². The number of carbonyl (C=O) groups is 1. The Hall–Kier alpha value is -2.13. The lowest BCUT2D eigenvalue weighted by molar-refractivity contribution is -0.552. The summed E-state index contributed by atoms with van der Waals surface area (Å²) in [6.45, 7) is 1.99. The Bertz CT molecular complexity index is 591. The van der Waals surface area contributed by atoms with E-state index >= 15 is 0 Å². The Morgan fingerprint density at radius 2 is 1.84 bits per heavy atom. The average molecular weight is 275 g/mol. The van der Waals surface area contributed by atoms with Gasteiger partial charge < -0.3 is 12.4 Å². The van der Waals surface area contributed by atoms with E-state index in [1.54, 1.807) is 23.0 Å². The van der Waals surface area contributed by atoms with E-state index in [9.17, 15) is 4.79 Å². The summed E-state index contributed by atoms with van der Waals surface area (Å²) in [5, 5.41) is 0. The van der Waals surface area contributed by atoms with Gasteiger partial charge in [0.05, 0.1) is 12.4 Å². The molecule has 0 spiro atoms. The highest BCUT2D eigenvalue weighted by Crippen LogP contribution is 2.04. The minimum atomic E-state index is -0.0363. The number of hydrogen-bond donors (Lipinski definition) is 1. The second-order valence-corrected chi connectivity index (χ2v) is 4.08. The van der Waals surface area contributed by atoms with Crippen molar-refractivity contribution in [2.24, 2.45) is 0 Å². The molecule has 19 heavy (non-hydrogen) atoms. The molecule has 0 fully saturated rings. The van der Waals surface area contributed by atoms with Crippen LogP contribution in [0.5, 0.6) is 0 Å². The molecule has 0 amide bonds. The van der Waals surface area contributed by atoms with E-state index in [1.165, 1.54) is 6.08 Å². The molecule has 2 aromatic rings. The summed E-state index contributed by atoms with van der Waals surface area (Å²) in [5.41, 5.74) is 7.58. The number of carbonyl (C=O) groups excluding carboxylic acids is 1. The third kappa shape index (κ3) is 3.93. The standard InChI is InChI=1S/C15H14N2O.ClH/c1-12-5-7-13(8-6-12)14(18)9-11-17-10-3-2-4-15(17)16;/h2-11,16H,1H3;1H/b11-9+;. The molecule has 3 nitrogen and oxygen atoms in total. The lowest BCUT2D eigenvalue weighted by atomic mass is 10.1. The van der Waals surface area contributed by atoms with Crippen molar-refractivity contribution in [2.75, 3.05) is 5.73 Å². The molecule has 1 aromatic heterocycles. The number of anilines is 1. The number of nitrogens with zero attached hydrogens (tertiary/aromatic N) is 1. The van der Waals surface area contributed by atoms with Crippen LogP contribution in [-0.2, 0) is 0 Å². The Balaban J connectivity index is 0.00000180. The first-order valence-electron chi connectivity index (χ1n) is 5.71. The molecule has 1 heterocycles. The van der Waals surface area contributed by atoms with Crippen LogP contribution in [-0.4, -0.2) is 5.78 Å². The molecule has 0 atom stereocenters. The summed E-state index contributed by atoms with van der Waals surface area (Å²) in [7, 11) is 0. The highest BCUT2D eigenvalue weighted by molar-refractivity contribution is 6.05. The first kappa shape index (κ1) is 14.9. The first-order chi connectivity index (χ1) is 8.66. The molecule has 0 unspecified atom stereocenters. The summed E-state index contributed by atoms with van der Waals surface area (Å²) in [6, 6.07) is 13.0. The lowest BCUT2D eigenvalue weighted by Crippen LogP contribution is -3.00. The van der Waals surface area contributed by atoms with Gasteiger partial charge in [-0.3, -0.25) is 10.5 Å². The predicted octanol–water partition coefficient (Wildman–Crippen LogP) is -0.778. The minimum Gasteiger partial charge on any atom is -1.00 e. The van der Waals surface area contributed by atoms with Gasteiger partial charge in [-0.25, -0.2) is 4.57 Å². The fourth-order valence-corrected chi connectivity index (χ4v) is 1.57. The number of aryl methyl sites for hydroxylation is 1. The van der Waals surface area contributed by atoms with E-state index < -0.39 is 0 Å². The maximum atomic E-state index is 11.9. The van der Waals surface area contributed by atoms with Gasteiger partial charge in [-0.15, -0.1) is 0 Å². The van der Waals surface area contributed by atoms with Crippen molar-refractivity contribution in [1.82, 2.24) is 0 Å². The molecular formula is C15H15ClN2O. The molecule has 2 rings (SSSR count). The van der Waals surface area contributed by atoms with E-state index in [0.29, 0.717) is 11.4 Å². The van der Waals surface area contributed by atoms with Crippen LogP contribution in [0, 0.1) is 6.92 Å². The van der Waals surface area contributed by atoms with Crippen molar-refractivity contribution in [3.8, 4) is 0 Å². The number of pyridine rings is 1. The Kier molecular flexibility index (Phi) is 5.27. The topological polar surface area (TPSA) is 47.0 Å². The van der Waals surface area contributed by atoms with Crippen molar-refractivity contribution in [3.63, 3.8) is 0 Å². The summed E-state index contributed by atoms with van der Waals surface area (Å²) in [6.07, 6.45) is 4.98. The van der Waals surface area contributed by atoms with Crippen LogP contribution in [0.3, 0.4) is 0 Å². The van der Waals surface area contributed by atoms with Crippen molar-refractivity contribution in [2.45, 2.75) is 6.92 Å². The molecular weight excluding hydrogens is 260 g/mol. The number of rotatable bonds is 3. The summed E-state index contributed by atoms with van der Waals surface area (Å²) < 4.78 is 1.70. The molecule has 0 aliphatic carbocycles. The quantitative estimate of drug-likeness (QED) is 0.454. The number of aromatic nitrogens is 1. The zero-order valence-corrected chi connectivity index (χ0v) is 11.3. The van der Waals surface area contributed by atoms with Crippen LogP contribution in [0.1, 0.15) is 15.9 Å². The number of ketones is 1. The van der Waals surface area contributed by atoms with Crippen LogP contribution < -0.4 is 22.7 Å². The van der Waals surface area contributed by atoms with Gasteiger partial charge in [-0.05, 0) is 13.0 Å².